The Hall–Kier alpha value is -3.40. The van der Waals surface area contributed by atoms with Gasteiger partial charge < -0.3 is 15.8 Å². The molecule has 3 aromatic rings. The number of nitrogens with two attached hydrogens (primary N) is 1. The maximum absolute atomic E-state index is 15.2. The molecule has 172 valence electrons. The number of aliphatic imine (C=N–C) groups is 1. The van der Waals surface area contributed by atoms with Crippen LogP contribution < -0.4 is 15.8 Å². The van der Waals surface area contributed by atoms with Crippen molar-refractivity contribution < 1.29 is 13.3 Å². The Morgan fingerprint density at radius 2 is 2.15 bits per heavy atom. The molecule has 0 amide bonds. The van der Waals surface area contributed by atoms with Crippen LogP contribution in [0.3, 0.4) is 0 Å². The van der Waals surface area contributed by atoms with Gasteiger partial charge in [-0.2, -0.15) is 0 Å². The summed E-state index contributed by atoms with van der Waals surface area (Å²) >= 11 is 0. The summed E-state index contributed by atoms with van der Waals surface area (Å²) in [5.74, 6) is 4.28. The summed E-state index contributed by atoms with van der Waals surface area (Å²) in [5, 5.41) is 2.89. The molecule has 0 spiro atoms. The zero-order chi connectivity index (χ0) is 23.4. The highest BCUT2D eigenvalue weighted by molar-refractivity contribution is 7.99. The van der Waals surface area contributed by atoms with E-state index in [4.69, 9.17) is 15.5 Å². The van der Waals surface area contributed by atoms with Crippen LogP contribution in [0.1, 0.15) is 24.8 Å². The molecular formula is C23H25FN6O2S. The Kier molecular flexibility index (Phi) is 4.93. The lowest BCUT2D eigenvalue weighted by atomic mass is 9.87. The van der Waals surface area contributed by atoms with Crippen LogP contribution in [-0.2, 0) is 15.2 Å². The number of rotatable bonds is 4. The number of aromatic nitrogens is 2. The average Bonchev–Trinajstić information content (AvgIpc) is 3.24. The summed E-state index contributed by atoms with van der Waals surface area (Å²) in [6.45, 7) is 0. The van der Waals surface area contributed by atoms with Crippen LogP contribution in [0.5, 0.6) is 5.75 Å². The lowest BCUT2D eigenvalue weighted by Gasteiger charge is -2.42. The van der Waals surface area contributed by atoms with Gasteiger partial charge in [-0.15, -0.1) is 0 Å². The molecule has 2 unspecified atom stereocenters. The summed E-state index contributed by atoms with van der Waals surface area (Å²) < 4.78 is 35.4. The molecule has 3 heterocycles. The number of nitrogens with zero attached hydrogens (tertiary/aromatic N) is 4. The van der Waals surface area contributed by atoms with E-state index >= 15 is 4.39 Å². The van der Waals surface area contributed by atoms with Crippen molar-refractivity contribution in [2.45, 2.75) is 30.1 Å². The molecule has 1 aromatic carbocycles. The molecule has 0 bridgehead atoms. The maximum Gasteiger partial charge on any atom is 0.203 e. The maximum atomic E-state index is 15.2. The predicted octanol–water partition coefficient (Wildman–Crippen LogP) is 3.16. The van der Waals surface area contributed by atoms with Gasteiger partial charge in [0.25, 0.3) is 0 Å². The van der Waals surface area contributed by atoms with Crippen molar-refractivity contribution >= 4 is 43.9 Å². The molecular weight excluding hydrogens is 443 g/mol. The van der Waals surface area contributed by atoms with Gasteiger partial charge in [0, 0.05) is 30.6 Å². The van der Waals surface area contributed by atoms with Gasteiger partial charge in [0.15, 0.2) is 0 Å². The average molecular weight is 469 g/mol. The van der Waals surface area contributed by atoms with E-state index in [2.05, 4.69) is 21.2 Å². The van der Waals surface area contributed by atoms with Gasteiger partial charge >= 0.3 is 0 Å². The normalized spacial score (nSPS) is 26.7. The summed E-state index contributed by atoms with van der Waals surface area (Å²) in [7, 11) is 0.440. The highest BCUT2D eigenvalue weighted by atomic mass is 32.2. The highest BCUT2D eigenvalue weighted by Gasteiger charge is 2.54. The Morgan fingerprint density at radius 1 is 1.33 bits per heavy atom. The number of benzene rings is 1. The fraction of sp³-hybridized carbons (Fsp3) is 0.304. The second-order valence-electron chi connectivity index (χ2n) is 8.38. The van der Waals surface area contributed by atoms with Crippen LogP contribution in [-0.4, -0.2) is 49.7 Å². The van der Waals surface area contributed by atoms with E-state index in [-0.39, 0.29) is 5.96 Å². The molecule has 10 heteroatoms. The Morgan fingerprint density at radius 3 is 2.94 bits per heavy atom. The minimum absolute atomic E-state index is 0.115. The number of hydrogen-bond donors (Lipinski definition) is 2. The minimum Gasteiger partial charge on any atom is -0.495 e. The van der Waals surface area contributed by atoms with Crippen LogP contribution in [0.4, 0.5) is 15.8 Å². The third-order valence-electron chi connectivity index (χ3n) is 6.60. The first kappa shape index (κ1) is 21.4. The van der Waals surface area contributed by atoms with Crippen molar-refractivity contribution in [3.05, 3.63) is 54.1 Å². The molecule has 2 aromatic heterocycles. The molecule has 8 nitrogen and oxygen atoms in total. The van der Waals surface area contributed by atoms with Gasteiger partial charge in [-0.05, 0) is 49.4 Å². The largest absolute Gasteiger partial charge is 0.495 e. The number of fused-ring (bicyclic) bond motifs is 2. The van der Waals surface area contributed by atoms with E-state index in [1.165, 1.54) is 10.4 Å². The van der Waals surface area contributed by atoms with Crippen molar-refractivity contribution in [3.8, 4) is 5.75 Å². The molecule has 0 saturated heterocycles. The van der Waals surface area contributed by atoms with Gasteiger partial charge in [0.1, 0.15) is 22.6 Å². The summed E-state index contributed by atoms with van der Waals surface area (Å²) in [5.41, 5.74) is 8.17. The summed E-state index contributed by atoms with van der Waals surface area (Å²) in [6, 6.07) is 8.37. The zero-order valence-corrected chi connectivity index (χ0v) is 19.2. The topological polar surface area (TPSA) is 106 Å². The molecule has 1 saturated carbocycles. The van der Waals surface area contributed by atoms with Crippen LogP contribution in [0, 0.1) is 5.82 Å². The lowest BCUT2D eigenvalue weighted by Crippen LogP contribution is -2.55. The Balaban J connectivity index is 1.60. The number of halogens is 1. The molecule has 1 aliphatic heterocycles. The van der Waals surface area contributed by atoms with Crippen molar-refractivity contribution in [2.24, 2.45) is 10.7 Å². The number of nitrogens with one attached hydrogen (secondary N) is 1. The number of methoxy groups -OCH3 is 1. The summed E-state index contributed by atoms with van der Waals surface area (Å²) in [4.78, 5) is 13.5. The zero-order valence-electron chi connectivity index (χ0n) is 18.4. The van der Waals surface area contributed by atoms with Crippen molar-refractivity contribution in [1.82, 2.24) is 14.3 Å². The third-order valence-corrected chi connectivity index (χ3v) is 9.23. The smallest absolute Gasteiger partial charge is 0.203 e. The van der Waals surface area contributed by atoms with Crippen LogP contribution in [0.25, 0.3) is 11.0 Å². The van der Waals surface area contributed by atoms with E-state index in [0.29, 0.717) is 46.6 Å². The van der Waals surface area contributed by atoms with Crippen LogP contribution in [0.2, 0.25) is 0 Å². The monoisotopic (exact) mass is 468 g/mol. The standard InChI is InChI=1S/C23H25FN6O2S/c1-30-22(25)29-23(9-4-5-20(23)33(30,3)31)16-11-14(6-7-17(16)24)28-18-8-10-26-19-12-15(32-2)13-27-21(18)19/h6-8,10-13,20H,3-5,9H2,1-2H3,(H2,25,29)(H,26,28)/t20?,23-,33?/m1/s1. The SMILES string of the molecule is C=S1(=O)C2CCC[C@]2(c2cc(Nc3ccnc4cc(OC)cnc34)ccc2F)N=C(N)N1C. The van der Waals surface area contributed by atoms with Crippen molar-refractivity contribution in [3.63, 3.8) is 0 Å². The fourth-order valence-corrected chi connectivity index (χ4v) is 7.06. The first-order chi connectivity index (χ1) is 15.8. The minimum atomic E-state index is -2.76. The molecule has 33 heavy (non-hydrogen) atoms. The first-order valence-corrected chi connectivity index (χ1v) is 12.3. The van der Waals surface area contributed by atoms with E-state index in [1.807, 2.05) is 0 Å². The van der Waals surface area contributed by atoms with Gasteiger partial charge in [-0.25, -0.2) is 18.6 Å². The summed E-state index contributed by atoms with van der Waals surface area (Å²) in [6.07, 6.45) is 5.25. The second kappa shape index (κ2) is 7.58. The van der Waals surface area contributed by atoms with E-state index in [9.17, 15) is 4.21 Å². The second-order valence-corrected chi connectivity index (χ2v) is 10.9. The first-order valence-electron chi connectivity index (χ1n) is 10.6. The number of anilines is 2. The molecule has 0 radical (unpaired) electrons. The molecule has 1 fully saturated rings. The molecule has 3 atom stereocenters. The lowest BCUT2D eigenvalue weighted by molar-refractivity contribution is 0.413. The predicted molar refractivity (Wildman–Crippen MR) is 130 cm³/mol. The Labute approximate surface area is 191 Å². The van der Waals surface area contributed by atoms with Gasteiger partial charge in [0.2, 0.25) is 5.96 Å². The third kappa shape index (κ3) is 3.28. The highest BCUT2D eigenvalue weighted by Crippen LogP contribution is 2.50. The van der Waals surface area contributed by atoms with E-state index < -0.39 is 26.3 Å². The number of guanidine groups is 1. The fourth-order valence-electron chi connectivity index (χ4n) is 4.88. The van der Waals surface area contributed by atoms with Crippen molar-refractivity contribution in [2.75, 3.05) is 19.5 Å². The van der Waals surface area contributed by atoms with E-state index in [0.717, 1.165) is 6.42 Å². The number of ether oxygens (including phenoxy) is 1. The number of pyridine rings is 2. The Bertz CT molecular complexity index is 1390. The van der Waals surface area contributed by atoms with E-state index in [1.54, 1.807) is 50.8 Å². The molecule has 2 aliphatic rings. The molecule has 1 aliphatic carbocycles. The van der Waals surface area contributed by atoms with Crippen LogP contribution in [0.15, 0.2) is 47.7 Å². The van der Waals surface area contributed by atoms with Gasteiger partial charge in [0.05, 0.1) is 39.5 Å². The molecule has 5 rings (SSSR count). The van der Waals surface area contributed by atoms with Gasteiger partial charge in [-0.3, -0.25) is 9.29 Å². The molecule has 3 N–H and O–H groups in total. The van der Waals surface area contributed by atoms with Crippen LogP contribution >= 0.6 is 0 Å². The van der Waals surface area contributed by atoms with Gasteiger partial charge in [-0.1, -0.05) is 0 Å². The van der Waals surface area contributed by atoms with Crippen molar-refractivity contribution in [1.29, 1.82) is 0 Å². The quantitative estimate of drug-likeness (QED) is 0.570. The number of hydrogen-bond acceptors (Lipinski definition) is 7.